The van der Waals surface area contributed by atoms with Crippen molar-refractivity contribution in [3.8, 4) is 0 Å². The molecule has 0 spiro atoms. The van der Waals surface area contributed by atoms with Crippen LogP contribution in [0.3, 0.4) is 0 Å². The molecule has 3 aliphatic rings. The first-order valence-electron chi connectivity index (χ1n) is 6.45. The van der Waals surface area contributed by atoms with Crippen molar-refractivity contribution in [2.75, 3.05) is 0 Å². The van der Waals surface area contributed by atoms with Crippen molar-refractivity contribution in [1.29, 1.82) is 0 Å². The Hall–Kier alpha value is -0.530. The number of fused-ring (bicyclic) bond motifs is 1. The zero-order valence-electron chi connectivity index (χ0n) is 11.5. The second-order valence-corrected chi connectivity index (χ2v) is 7.66. The summed E-state index contributed by atoms with van der Waals surface area (Å²) in [6.45, 7) is 12.9. The van der Waals surface area contributed by atoms with Crippen LogP contribution in [0.5, 0.6) is 0 Å². The quantitative estimate of drug-likeness (QED) is 0.618. The van der Waals surface area contributed by atoms with Crippen molar-refractivity contribution >= 4 is 5.91 Å². The molecule has 0 aromatic carbocycles. The third-order valence-corrected chi connectivity index (χ3v) is 4.05. The Morgan fingerprint density at radius 2 is 1.56 bits per heavy atom. The Morgan fingerprint density at radius 3 is 1.94 bits per heavy atom. The largest absolute Gasteiger partial charge is 0.335 e. The summed E-state index contributed by atoms with van der Waals surface area (Å²) in [6, 6.07) is 1.00. The molecule has 3 fully saturated rings. The van der Waals surface area contributed by atoms with Crippen LogP contribution < -0.4 is 0 Å². The van der Waals surface area contributed by atoms with Crippen LogP contribution in [0.1, 0.15) is 54.4 Å². The van der Waals surface area contributed by atoms with E-state index >= 15 is 0 Å². The highest BCUT2D eigenvalue weighted by molar-refractivity contribution is 5.83. The van der Waals surface area contributed by atoms with Crippen LogP contribution in [0, 0.1) is 16.7 Å². The van der Waals surface area contributed by atoms with Crippen molar-refractivity contribution in [1.82, 2.24) is 4.90 Å². The minimum absolute atomic E-state index is 0.219. The van der Waals surface area contributed by atoms with E-state index in [9.17, 15) is 4.79 Å². The van der Waals surface area contributed by atoms with Crippen LogP contribution in [-0.2, 0) is 4.79 Å². The van der Waals surface area contributed by atoms with Crippen molar-refractivity contribution in [2.45, 2.75) is 66.5 Å². The molecule has 2 nitrogen and oxygen atoms in total. The smallest absolute Gasteiger partial charge is 0.228 e. The van der Waals surface area contributed by atoms with Gasteiger partial charge in [0, 0.05) is 17.5 Å². The van der Waals surface area contributed by atoms with Gasteiger partial charge in [-0.1, -0.05) is 41.5 Å². The highest BCUT2D eigenvalue weighted by Crippen LogP contribution is 2.52. The van der Waals surface area contributed by atoms with Crippen molar-refractivity contribution in [3.05, 3.63) is 0 Å². The molecule has 2 heterocycles. The summed E-state index contributed by atoms with van der Waals surface area (Å²) >= 11 is 0. The molecule has 2 saturated heterocycles. The molecule has 1 unspecified atom stereocenters. The Labute approximate surface area is 99.4 Å². The van der Waals surface area contributed by atoms with E-state index in [4.69, 9.17) is 0 Å². The first-order chi connectivity index (χ1) is 7.12. The van der Waals surface area contributed by atoms with Crippen molar-refractivity contribution < 1.29 is 4.79 Å². The van der Waals surface area contributed by atoms with Gasteiger partial charge in [-0.3, -0.25) is 4.79 Å². The summed E-state index contributed by atoms with van der Waals surface area (Å²) in [5.41, 5.74) is -0.0161. The summed E-state index contributed by atoms with van der Waals surface area (Å²) in [5.74, 6) is 1.11. The van der Waals surface area contributed by atoms with E-state index in [-0.39, 0.29) is 10.8 Å². The van der Waals surface area contributed by atoms with Crippen LogP contribution >= 0.6 is 0 Å². The molecule has 92 valence electrons. The van der Waals surface area contributed by atoms with E-state index in [2.05, 4.69) is 25.7 Å². The highest BCUT2D eigenvalue weighted by Gasteiger charge is 2.57. The number of hydrogen-bond donors (Lipinski definition) is 0. The number of nitrogens with zero attached hydrogens (tertiary/aromatic N) is 1. The second-order valence-electron chi connectivity index (χ2n) is 7.66. The third-order valence-electron chi connectivity index (χ3n) is 4.05. The summed E-state index contributed by atoms with van der Waals surface area (Å²) in [5, 5.41) is 0. The normalized spacial score (nSPS) is 33.9. The standard InChI is InChI=1S/C14H25NO/c1-13(2,3)11-9-7-10(8-9)15(11)12(16)14(4,5)6/h9-11H,7-8H2,1-6H3. The van der Waals surface area contributed by atoms with E-state index in [1.54, 1.807) is 0 Å². The molecular formula is C14H25NO. The average molecular weight is 223 g/mol. The van der Waals surface area contributed by atoms with E-state index < -0.39 is 0 Å². The molecule has 2 bridgehead atoms. The summed E-state index contributed by atoms with van der Waals surface area (Å²) in [6.07, 6.45) is 2.48. The minimum Gasteiger partial charge on any atom is -0.335 e. The van der Waals surface area contributed by atoms with Crippen LogP contribution in [0.15, 0.2) is 0 Å². The lowest BCUT2D eigenvalue weighted by Gasteiger charge is -2.38. The highest BCUT2D eigenvalue weighted by atomic mass is 16.2. The topological polar surface area (TPSA) is 20.3 Å². The summed E-state index contributed by atoms with van der Waals surface area (Å²) in [4.78, 5) is 14.7. The zero-order valence-corrected chi connectivity index (χ0v) is 11.5. The predicted octanol–water partition coefficient (Wildman–Crippen LogP) is 3.07. The zero-order chi connectivity index (χ0) is 12.3. The lowest BCUT2D eigenvalue weighted by Crippen LogP contribution is -2.48. The molecule has 0 aromatic heterocycles. The van der Waals surface area contributed by atoms with Crippen LogP contribution in [0.4, 0.5) is 0 Å². The molecule has 3 rings (SSSR count). The van der Waals surface area contributed by atoms with Gasteiger partial charge in [0.1, 0.15) is 0 Å². The van der Waals surface area contributed by atoms with Crippen LogP contribution in [0.25, 0.3) is 0 Å². The predicted molar refractivity (Wildman–Crippen MR) is 66.1 cm³/mol. The van der Waals surface area contributed by atoms with Gasteiger partial charge in [0.05, 0.1) is 0 Å². The fourth-order valence-electron chi connectivity index (χ4n) is 3.37. The molecular weight excluding hydrogens is 198 g/mol. The summed E-state index contributed by atoms with van der Waals surface area (Å²) in [7, 11) is 0. The Kier molecular flexibility index (Phi) is 2.42. The Bertz CT molecular complexity index is 302. The van der Waals surface area contributed by atoms with Crippen LogP contribution in [0.2, 0.25) is 0 Å². The van der Waals surface area contributed by atoms with Gasteiger partial charge >= 0.3 is 0 Å². The van der Waals surface area contributed by atoms with Crippen LogP contribution in [-0.4, -0.2) is 22.9 Å². The van der Waals surface area contributed by atoms with Crippen molar-refractivity contribution in [2.24, 2.45) is 16.7 Å². The number of amides is 1. The average Bonchev–Trinajstić information content (AvgIpc) is 2.50. The molecule has 1 amide bonds. The number of rotatable bonds is 0. The van der Waals surface area contributed by atoms with Crippen molar-refractivity contribution in [3.63, 3.8) is 0 Å². The minimum atomic E-state index is -0.235. The van der Waals surface area contributed by atoms with Gasteiger partial charge in [0.25, 0.3) is 0 Å². The first-order valence-corrected chi connectivity index (χ1v) is 6.45. The van der Waals surface area contributed by atoms with Gasteiger partial charge < -0.3 is 4.90 Å². The van der Waals surface area contributed by atoms with Gasteiger partial charge in [0.2, 0.25) is 5.91 Å². The molecule has 0 N–H and O–H groups in total. The number of carbonyl (C=O) groups excluding carboxylic acids is 1. The third kappa shape index (κ3) is 1.66. The maximum absolute atomic E-state index is 12.5. The first kappa shape index (κ1) is 11.9. The van der Waals surface area contributed by atoms with E-state index in [1.165, 1.54) is 12.8 Å². The number of carbonyl (C=O) groups is 1. The maximum atomic E-state index is 12.5. The molecule has 2 aliphatic heterocycles. The lowest BCUT2D eigenvalue weighted by atomic mass is 9.74. The number of hydrogen-bond acceptors (Lipinski definition) is 1. The molecule has 0 radical (unpaired) electrons. The fraction of sp³-hybridized carbons (Fsp3) is 0.929. The van der Waals surface area contributed by atoms with E-state index in [0.717, 1.165) is 5.92 Å². The molecule has 1 atom stereocenters. The molecule has 1 saturated carbocycles. The van der Waals surface area contributed by atoms with Gasteiger partial charge in [-0.15, -0.1) is 0 Å². The monoisotopic (exact) mass is 223 g/mol. The van der Waals surface area contributed by atoms with Gasteiger partial charge in [-0.05, 0) is 24.2 Å². The Morgan fingerprint density at radius 1 is 1.06 bits per heavy atom. The SMILES string of the molecule is CC(C)(C)C(=O)N1C2CC(C2)C1C(C)(C)C. The fourth-order valence-corrected chi connectivity index (χ4v) is 3.37. The lowest BCUT2D eigenvalue weighted by molar-refractivity contribution is -0.143. The van der Waals surface area contributed by atoms with Gasteiger partial charge in [-0.2, -0.15) is 0 Å². The molecule has 2 heteroatoms. The van der Waals surface area contributed by atoms with E-state index in [1.807, 2.05) is 20.8 Å². The van der Waals surface area contributed by atoms with Gasteiger partial charge in [-0.25, -0.2) is 0 Å². The van der Waals surface area contributed by atoms with E-state index in [0.29, 0.717) is 18.0 Å². The Balaban J connectivity index is 2.24. The molecule has 0 aromatic rings. The maximum Gasteiger partial charge on any atom is 0.228 e. The van der Waals surface area contributed by atoms with Gasteiger partial charge in [0.15, 0.2) is 0 Å². The molecule has 16 heavy (non-hydrogen) atoms. The molecule has 1 aliphatic carbocycles. The summed E-state index contributed by atoms with van der Waals surface area (Å²) < 4.78 is 0. The second kappa shape index (κ2) is 3.24.